The fourth-order valence-corrected chi connectivity index (χ4v) is 2.31. The highest BCUT2D eigenvalue weighted by Crippen LogP contribution is 2.31. The van der Waals surface area contributed by atoms with E-state index in [-0.39, 0.29) is 6.04 Å². The first kappa shape index (κ1) is 12.9. The highest BCUT2D eigenvalue weighted by atomic mass is 16.7. The van der Waals surface area contributed by atoms with E-state index in [4.69, 9.17) is 9.47 Å². The van der Waals surface area contributed by atoms with Gasteiger partial charge in [0.05, 0.1) is 11.6 Å². The van der Waals surface area contributed by atoms with Crippen molar-refractivity contribution >= 4 is 0 Å². The van der Waals surface area contributed by atoms with E-state index >= 15 is 0 Å². The van der Waals surface area contributed by atoms with Gasteiger partial charge in [-0.3, -0.25) is 0 Å². The first-order valence-electron chi connectivity index (χ1n) is 5.04. The van der Waals surface area contributed by atoms with E-state index < -0.39 is 24.1 Å². The number of hydrogen-bond donors (Lipinski definition) is 2. The molecule has 5 nitrogen and oxygen atoms in total. The third-order valence-electron chi connectivity index (χ3n) is 2.87. The van der Waals surface area contributed by atoms with Crippen LogP contribution < -0.4 is 0 Å². The molecule has 1 heterocycles. The molecule has 4 atom stereocenters. The van der Waals surface area contributed by atoms with Crippen LogP contribution in [0, 0.1) is 0 Å². The number of methoxy groups -OCH3 is 1. The quantitative estimate of drug-likeness (QED) is 0.650. The van der Waals surface area contributed by atoms with Crippen LogP contribution in [0.5, 0.6) is 0 Å². The molecule has 15 heavy (non-hydrogen) atoms. The van der Waals surface area contributed by atoms with Gasteiger partial charge in [-0.05, 0) is 27.9 Å². The summed E-state index contributed by atoms with van der Waals surface area (Å²) >= 11 is 0. The molecular formula is C10H21NO4. The molecule has 0 amide bonds. The predicted molar refractivity (Wildman–Crippen MR) is 55.4 cm³/mol. The largest absolute Gasteiger partial charge is 0.388 e. The lowest BCUT2D eigenvalue weighted by atomic mass is 9.86. The molecular weight excluding hydrogens is 198 g/mol. The summed E-state index contributed by atoms with van der Waals surface area (Å²) in [6.07, 6.45) is -2.67. The van der Waals surface area contributed by atoms with Crippen molar-refractivity contribution in [3.05, 3.63) is 0 Å². The molecule has 0 radical (unpaired) electrons. The minimum absolute atomic E-state index is 0.265. The number of likely N-dealkylation sites (N-methyl/N-ethyl adjacent to an activating group) is 1. The van der Waals surface area contributed by atoms with E-state index in [1.807, 2.05) is 32.8 Å². The van der Waals surface area contributed by atoms with Gasteiger partial charge in [0.15, 0.2) is 6.29 Å². The lowest BCUT2D eigenvalue weighted by Gasteiger charge is -2.49. The Morgan fingerprint density at radius 3 is 2.13 bits per heavy atom. The summed E-state index contributed by atoms with van der Waals surface area (Å²) in [5, 5.41) is 19.8. The minimum atomic E-state index is -1.02. The molecule has 0 aromatic rings. The standard InChI is InChI=1S/C10H21NO4/c1-10(2)8(11(3)4)6(12)7(13)9(14-5)15-10/h6-9,12-13H,1-5H3/t6-,7+,8-,9+/m0/s1. The zero-order chi connectivity index (χ0) is 11.8. The second-order valence-electron chi connectivity index (χ2n) is 4.72. The van der Waals surface area contributed by atoms with E-state index in [1.165, 1.54) is 7.11 Å². The number of nitrogens with zero attached hydrogens (tertiary/aromatic N) is 1. The predicted octanol–water partition coefficient (Wildman–Crippen LogP) is -0.580. The van der Waals surface area contributed by atoms with Crippen molar-refractivity contribution in [3.63, 3.8) is 0 Å². The van der Waals surface area contributed by atoms with Gasteiger partial charge >= 0.3 is 0 Å². The molecule has 1 aliphatic heterocycles. The van der Waals surface area contributed by atoms with Gasteiger partial charge in [0.2, 0.25) is 0 Å². The van der Waals surface area contributed by atoms with Crippen molar-refractivity contribution in [1.29, 1.82) is 0 Å². The van der Waals surface area contributed by atoms with Crippen LogP contribution in [-0.4, -0.2) is 66.5 Å². The van der Waals surface area contributed by atoms with Crippen molar-refractivity contribution in [2.24, 2.45) is 0 Å². The van der Waals surface area contributed by atoms with Crippen LogP contribution in [-0.2, 0) is 9.47 Å². The third-order valence-corrected chi connectivity index (χ3v) is 2.87. The van der Waals surface area contributed by atoms with E-state index in [1.54, 1.807) is 0 Å². The maximum Gasteiger partial charge on any atom is 0.186 e. The van der Waals surface area contributed by atoms with Gasteiger partial charge in [-0.15, -0.1) is 0 Å². The van der Waals surface area contributed by atoms with Crippen LogP contribution in [0.1, 0.15) is 13.8 Å². The fraction of sp³-hybridized carbons (Fsp3) is 1.00. The summed E-state index contributed by atoms with van der Waals surface area (Å²) in [6, 6.07) is -0.265. The molecule has 0 aliphatic carbocycles. The fourth-order valence-electron chi connectivity index (χ4n) is 2.31. The Balaban J connectivity index is 2.91. The molecule has 0 aromatic carbocycles. The maximum atomic E-state index is 9.99. The van der Waals surface area contributed by atoms with Crippen LogP contribution in [0.15, 0.2) is 0 Å². The van der Waals surface area contributed by atoms with E-state index in [0.29, 0.717) is 0 Å². The normalized spacial score (nSPS) is 40.8. The molecule has 5 heteroatoms. The second kappa shape index (κ2) is 4.35. The number of hydrogen-bond acceptors (Lipinski definition) is 5. The first-order chi connectivity index (χ1) is 6.81. The van der Waals surface area contributed by atoms with Gasteiger partial charge in [-0.25, -0.2) is 0 Å². The highest BCUT2D eigenvalue weighted by molar-refractivity contribution is 4.99. The average Bonchev–Trinajstić information content (AvgIpc) is 2.10. The van der Waals surface area contributed by atoms with Crippen LogP contribution in [0.4, 0.5) is 0 Å². The zero-order valence-corrected chi connectivity index (χ0v) is 9.97. The zero-order valence-electron chi connectivity index (χ0n) is 9.97. The minimum Gasteiger partial charge on any atom is -0.388 e. The number of aliphatic hydroxyl groups is 2. The Kier molecular flexibility index (Phi) is 3.73. The Bertz CT molecular complexity index is 219. The van der Waals surface area contributed by atoms with Crippen molar-refractivity contribution in [3.8, 4) is 0 Å². The van der Waals surface area contributed by atoms with Crippen molar-refractivity contribution in [2.75, 3.05) is 21.2 Å². The van der Waals surface area contributed by atoms with Crippen LogP contribution in [0.25, 0.3) is 0 Å². The summed E-state index contributed by atoms with van der Waals surface area (Å²) in [5.74, 6) is 0. The van der Waals surface area contributed by atoms with Crippen molar-refractivity contribution in [2.45, 2.75) is 44.0 Å². The van der Waals surface area contributed by atoms with E-state index in [2.05, 4.69) is 0 Å². The molecule has 0 saturated carbocycles. The third kappa shape index (κ3) is 2.32. The van der Waals surface area contributed by atoms with Gasteiger partial charge in [-0.1, -0.05) is 0 Å². The van der Waals surface area contributed by atoms with Gasteiger partial charge < -0.3 is 24.6 Å². The van der Waals surface area contributed by atoms with Crippen LogP contribution in [0.2, 0.25) is 0 Å². The second-order valence-corrected chi connectivity index (χ2v) is 4.72. The summed E-state index contributed by atoms with van der Waals surface area (Å²) < 4.78 is 10.6. The molecule has 2 N–H and O–H groups in total. The molecule has 1 saturated heterocycles. The SMILES string of the molecule is CO[C@@H]1OC(C)(C)[C@@H](N(C)C)[C@@H](O)[C@H]1O. The molecule has 0 aromatic heterocycles. The molecule has 0 spiro atoms. The lowest BCUT2D eigenvalue weighted by Crippen LogP contribution is -2.66. The van der Waals surface area contributed by atoms with Gasteiger partial charge in [-0.2, -0.15) is 0 Å². The van der Waals surface area contributed by atoms with E-state index in [0.717, 1.165) is 0 Å². The van der Waals surface area contributed by atoms with Crippen LogP contribution >= 0.6 is 0 Å². The van der Waals surface area contributed by atoms with Crippen molar-refractivity contribution < 1.29 is 19.7 Å². The summed E-state index contributed by atoms with van der Waals surface area (Å²) in [7, 11) is 5.14. The van der Waals surface area contributed by atoms with E-state index in [9.17, 15) is 10.2 Å². The first-order valence-corrected chi connectivity index (χ1v) is 5.04. The Hall–Kier alpha value is -0.200. The van der Waals surface area contributed by atoms with Gasteiger partial charge in [0.1, 0.15) is 12.2 Å². The average molecular weight is 219 g/mol. The molecule has 1 fully saturated rings. The Morgan fingerprint density at radius 1 is 1.20 bits per heavy atom. The molecule has 0 unspecified atom stereocenters. The smallest absolute Gasteiger partial charge is 0.186 e. The molecule has 1 aliphatic rings. The number of aliphatic hydroxyl groups excluding tert-OH is 2. The Labute approximate surface area is 90.6 Å². The number of ether oxygens (including phenoxy) is 2. The summed E-state index contributed by atoms with van der Waals surface area (Å²) in [4.78, 5) is 1.85. The van der Waals surface area contributed by atoms with Gasteiger partial charge in [0.25, 0.3) is 0 Å². The van der Waals surface area contributed by atoms with Gasteiger partial charge in [0, 0.05) is 7.11 Å². The topological polar surface area (TPSA) is 62.2 Å². The Morgan fingerprint density at radius 2 is 1.73 bits per heavy atom. The maximum absolute atomic E-state index is 9.99. The monoisotopic (exact) mass is 219 g/mol. The summed E-state index contributed by atoms with van der Waals surface area (Å²) in [5.41, 5.74) is -0.567. The number of rotatable bonds is 2. The summed E-state index contributed by atoms with van der Waals surface area (Å²) in [6.45, 7) is 3.75. The van der Waals surface area contributed by atoms with Crippen molar-refractivity contribution in [1.82, 2.24) is 4.90 Å². The molecule has 1 rings (SSSR count). The lowest BCUT2D eigenvalue weighted by molar-refractivity contribution is -0.303. The molecule has 90 valence electrons. The van der Waals surface area contributed by atoms with Crippen LogP contribution in [0.3, 0.4) is 0 Å². The highest BCUT2D eigenvalue weighted by Gasteiger charge is 2.50. The molecule has 0 bridgehead atoms.